The molecule has 1 aromatic heterocycles. The summed E-state index contributed by atoms with van der Waals surface area (Å²) in [5.41, 5.74) is 1.96. The van der Waals surface area contributed by atoms with E-state index in [-0.39, 0.29) is 5.56 Å². The quantitative estimate of drug-likeness (QED) is 0.685. The summed E-state index contributed by atoms with van der Waals surface area (Å²) in [5, 5.41) is 3.90. The molecular formula is C20H16Cl2N2O2. The molecule has 1 heterocycles. The van der Waals surface area contributed by atoms with Crippen LogP contribution in [0.15, 0.2) is 65.6 Å². The fraction of sp³-hybridized carbons (Fsp3) is 0.100. The number of carbonyl (C=O) groups is 1. The molecule has 4 nitrogen and oxygen atoms in total. The maximum atomic E-state index is 12.6. The zero-order chi connectivity index (χ0) is 18.5. The number of halogens is 2. The van der Waals surface area contributed by atoms with Gasteiger partial charge in [-0.25, -0.2) is 0 Å². The molecule has 0 fully saturated rings. The summed E-state index contributed by atoms with van der Waals surface area (Å²) in [7, 11) is 0. The van der Waals surface area contributed by atoms with E-state index in [1.165, 1.54) is 6.20 Å². The van der Waals surface area contributed by atoms with Crippen molar-refractivity contribution in [3.63, 3.8) is 0 Å². The van der Waals surface area contributed by atoms with Gasteiger partial charge in [0, 0.05) is 28.4 Å². The average Bonchev–Trinajstić information content (AvgIpc) is 2.64. The van der Waals surface area contributed by atoms with E-state index in [9.17, 15) is 9.59 Å². The second-order valence-electron chi connectivity index (χ2n) is 5.70. The molecule has 0 bridgehead atoms. The number of benzene rings is 2. The van der Waals surface area contributed by atoms with Gasteiger partial charge in [-0.2, -0.15) is 0 Å². The molecule has 0 aliphatic heterocycles. The topological polar surface area (TPSA) is 62.0 Å². The second kappa shape index (κ2) is 8.21. The number of rotatable bonds is 5. The smallest absolute Gasteiger partial charge is 0.261 e. The molecule has 0 spiro atoms. The van der Waals surface area contributed by atoms with Crippen molar-refractivity contribution in [2.24, 2.45) is 0 Å². The van der Waals surface area contributed by atoms with Crippen molar-refractivity contribution in [2.75, 3.05) is 6.54 Å². The van der Waals surface area contributed by atoms with E-state index >= 15 is 0 Å². The summed E-state index contributed by atoms with van der Waals surface area (Å²) in [6.07, 6.45) is 2.07. The van der Waals surface area contributed by atoms with Gasteiger partial charge in [0.15, 0.2) is 0 Å². The first-order chi connectivity index (χ1) is 12.6. The monoisotopic (exact) mass is 386 g/mol. The number of amides is 1. The van der Waals surface area contributed by atoms with Gasteiger partial charge < -0.3 is 10.3 Å². The molecular weight excluding hydrogens is 371 g/mol. The number of carbonyl (C=O) groups excluding carboxylic acids is 1. The van der Waals surface area contributed by atoms with E-state index in [2.05, 4.69) is 10.3 Å². The van der Waals surface area contributed by atoms with Crippen LogP contribution < -0.4 is 10.9 Å². The van der Waals surface area contributed by atoms with Crippen LogP contribution in [-0.4, -0.2) is 17.4 Å². The Kier molecular flexibility index (Phi) is 5.76. The predicted molar refractivity (Wildman–Crippen MR) is 105 cm³/mol. The summed E-state index contributed by atoms with van der Waals surface area (Å²) in [5.74, 6) is -0.421. The van der Waals surface area contributed by atoms with Crippen molar-refractivity contribution in [1.82, 2.24) is 10.3 Å². The summed E-state index contributed by atoms with van der Waals surface area (Å²) in [4.78, 5) is 27.4. The first-order valence-corrected chi connectivity index (χ1v) is 8.81. The van der Waals surface area contributed by atoms with Gasteiger partial charge >= 0.3 is 0 Å². The molecule has 26 heavy (non-hydrogen) atoms. The molecule has 2 aromatic carbocycles. The lowest BCUT2D eigenvalue weighted by Gasteiger charge is -2.10. The van der Waals surface area contributed by atoms with E-state index in [0.717, 1.165) is 11.1 Å². The van der Waals surface area contributed by atoms with E-state index in [1.54, 1.807) is 18.2 Å². The molecule has 2 N–H and O–H groups in total. The number of nitrogens with one attached hydrogen (secondary N) is 2. The van der Waals surface area contributed by atoms with Crippen LogP contribution in [0.1, 0.15) is 15.9 Å². The number of pyridine rings is 1. The number of aromatic amines is 1. The summed E-state index contributed by atoms with van der Waals surface area (Å²) in [6, 6.07) is 16.3. The Balaban J connectivity index is 1.77. The van der Waals surface area contributed by atoms with Crippen LogP contribution in [0.3, 0.4) is 0 Å². The molecule has 0 saturated heterocycles. The van der Waals surface area contributed by atoms with Crippen molar-refractivity contribution in [3.05, 3.63) is 92.3 Å². The van der Waals surface area contributed by atoms with Gasteiger partial charge in [-0.05, 0) is 35.7 Å². The van der Waals surface area contributed by atoms with Gasteiger partial charge in [-0.15, -0.1) is 0 Å². The third kappa shape index (κ3) is 4.15. The van der Waals surface area contributed by atoms with Crippen molar-refractivity contribution in [3.8, 4) is 11.1 Å². The van der Waals surface area contributed by atoms with E-state index in [1.807, 2.05) is 36.4 Å². The highest BCUT2D eigenvalue weighted by Crippen LogP contribution is 2.22. The van der Waals surface area contributed by atoms with Gasteiger partial charge in [0.25, 0.3) is 11.5 Å². The highest BCUT2D eigenvalue weighted by molar-refractivity contribution is 6.35. The fourth-order valence-corrected chi connectivity index (χ4v) is 3.19. The van der Waals surface area contributed by atoms with Crippen LogP contribution >= 0.6 is 23.2 Å². The minimum absolute atomic E-state index is 0.0981. The zero-order valence-electron chi connectivity index (χ0n) is 13.8. The molecule has 3 aromatic rings. The van der Waals surface area contributed by atoms with Gasteiger partial charge in [0.1, 0.15) is 5.56 Å². The molecule has 0 unspecified atom stereocenters. The Morgan fingerprint density at radius 3 is 2.54 bits per heavy atom. The van der Waals surface area contributed by atoms with Gasteiger partial charge in [0.05, 0.1) is 0 Å². The third-order valence-electron chi connectivity index (χ3n) is 3.97. The zero-order valence-corrected chi connectivity index (χ0v) is 15.3. The first kappa shape index (κ1) is 18.2. The minimum Gasteiger partial charge on any atom is -0.352 e. The average molecular weight is 387 g/mol. The largest absolute Gasteiger partial charge is 0.352 e. The summed E-state index contributed by atoms with van der Waals surface area (Å²) >= 11 is 12.0. The Morgan fingerprint density at radius 1 is 1.04 bits per heavy atom. The molecule has 3 rings (SSSR count). The predicted octanol–water partition coefficient (Wildman–Crippen LogP) is 4.32. The number of hydrogen-bond donors (Lipinski definition) is 2. The Morgan fingerprint density at radius 2 is 1.81 bits per heavy atom. The molecule has 0 atom stereocenters. The summed E-state index contributed by atoms with van der Waals surface area (Å²) < 4.78 is 0. The van der Waals surface area contributed by atoms with Crippen molar-refractivity contribution >= 4 is 29.1 Å². The van der Waals surface area contributed by atoms with Gasteiger partial charge in [-0.3, -0.25) is 9.59 Å². The van der Waals surface area contributed by atoms with E-state index in [0.29, 0.717) is 28.6 Å². The number of aromatic nitrogens is 1. The first-order valence-electron chi connectivity index (χ1n) is 8.05. The van der Waals surface area contributed by atoms with E-state index < -0.39 is 11.5 Å². The maximum absolute atomic E-state index is 12.6. The van der Waals surface area contributed by atoms with Gasteiger partial charge in [-0.1, -0.05) is 59.6 Å². The fourth-order valence-electron chi connectivity index (χ4n) is 2.69. The maximum Gasteiger partial charge on any atom is 0.261 e. The highest BCUT2D eigenvalue weighted by atomic mass is 35.5. The molecule has 0 radical (unpaired) electrons. The number of hydrogen-bond acceptors (Lipinski definition) is 2. The normalized spacial score (nSPS) is 10.5. The lowest BCUT2D eigenvalue weighted by atomic mass is 10.0. The van der Waals surface area contributed by atoms with Crippen LogP contribution in [0, 0.1) is 0 Å². The van der Waals surface area contributed by atoms with Crippen molar-refractivity contribution in [1.29, 1.82) is 0 Å². The number of H-pyrrole nitrogens is 1. The van der Waals surface area contributed by atoms with Crippen LogP contribution in [-0.2, 0) is 6.42 Å². The standard InChI is InChI=1S/C20H16Cl2N2O2/c21-15-7-6-14(17(22)12-15)8-10-23-19(25)18-16(9-11-24-20(18)26)13-4-2-1-3-5-13/h1-7,9,11-12H,8,10H2,(H,23,25)(H,24,26). The third-order valence-corrected chi connectivity index (χ3v) is 4.55. The van der Waals surface area contributed by atoms with Gasteiger partial charge in [0.2, 0.25) is 0 Å². The van der Waals surface area contributed by atoms with Crippen molar-refractivity contribution < 1.29 is 4.79 Å². The Bertz CT molecular complexity index is 985. The molecule has 0 saturated carbocycles. The second-order valence-corrected chi connectivity index (χ2v) is 6.55. The Labute approximate surface area is 160 Å². The molecule has 6 heteroatoms. The minimum atomic E-state index is -0.423. The van der Waals surface area contributed by atoms with Crippen molar-refractivity contribution in [2.45, 2.75) is 6.42 Å². The lowest BCUT2D eigenvalue weighted by molar-refractivity contribution is 0.0953. The lowest BCUT2D eigenvalue weighted by Crippen LogP contribution is -2.31. The van der Waals surface area contributed by atoms with Crippen LogP contribution in [0.4, 0.5) is 0 Å². The molecule has 0 aliphatic rings. The molecule has 0 aliphatic carbocycles. The van der Waals surface area contributed by atoms with E-state index in [4.69, 9.17) is 23.2 Å². The summed E-state index contributed by atoms with van der Waals surface area (Å²) in [6.45, 7) is 0.350. The SMILES string of the molecule is O=C(NCCc1ccc(Cl)cc1Cl)c1c(-c2ccccc2)cc[nH]c1=O. The highest BCUT2D eigenvalue weighted by Gasteiger charge is 2.16. The van der Waals surface area contributed by atoms with Crippen LogP contribution in [0.25, 0.3) is 11.1 Å². The van der Waals surface area contributed by atoms with Crippen LogP contribution in [0.2, 0.25) is 10.0 Å². The molecule has 132 valence electrons. The van der Waals surface area contributed by atoms with Crippen LogP contribution in [0.5, 0.6) is 0 Å². The molecule has 1 amide bonds. The Hall–Kier alpha value is -2.56.